The quantitative estimate of drug-likeness (QED) is 0.748. The topological polar surface area (TPSA) is 75.6 Å². The number of carbonyl (C=O) groups excluding carboxylic acids is 1. The summed E-state index contributed by atoms with van der Waals surface area (Å²) in [7, 11) is 0. The number of carboxylic acid groups (broad SMARTS) is 1. The number of nitrogens with one attached hydrogen (secondary N) is 1. The highest BCUT2D eigenvalue weighted by Gasteiger charge is 2.25. The van der Waals surface area contributed by atoms with Crippen LogP contribution in [0.25, 0.3) is 0 Å². The molecule has 1 atom stereocenters. The van der Waals surface area contributed by atoms with E-state index in [1.807, 2.05) is 0 Å². The van der Waals surface area contributed by atoms with E-state index in [1.54, 1.807) is 44.2 Å². The molecule has 0 fully saturated rings. The molecule has 1 aromatic carbocycles. The number of benzene rings is 1. The number of rotatable bonds is 7. The van der Waals surface area contributed by atoms with Gasteiger partial charge in [0.25, 0.3) is 5.91 Å². The average Bonchev–Trinajstić information content (AvgIpc) is 2.41. The lowest BCUT2D eigenvalue weighted by molar-refractivity contribution is -0.140. The molecule has 108 valence electrons. The fourth-order valence-corrected chi connectivity index (χ4v) is 1.66. The Bertz CT molecular complexity index is 496. The number of carbonyl (C=O) groups is 2. The predicted octanol–water partition coefficient (Wildman–Crippen LogP) is 2.09. The lowest BCUT2D eigenvalue weighted by Gasteiger charge is -2.18. The first kappa shape index (κ1) is 15.8. The van der Waals surface area contributed by atoms with Gasteiger partial charge in [-0.15, -0.1) is 0 Å². The van der Waals surface area contributed by atoms with Crippen molar-refractivity contribution in [1.82, 2.24) is 5.32 Å². The molecule has 1 rings (SSSR count). The molecule has 0 unspecified atom stereocenters. The van der Waals surface area contributed by atoms with Gasteiger partial charge in [-0.25, -0.2) is 4.79 Å². The molecular weight excluding hydrogens is 258 g/mol. The first-order chi connectivity index (χ1) is 9.47. The SMILES string of the molecule is C=CCOc1ccccc1C(=O)N[C@@H](C(=O)O)C(C)C. The summed E-state index contributed by atoms with van der Waals surface area (Å²) in [5, 5.41) is 11.6. The van der Waals surface area contributed by atoms with Gasteiger partial charge in [0.05, 0.1) is 5.56 Å². The third-order valence-electron chi connectivity index (χ3n) is 2.71. The standard InChI is InChI=1S/C15H19NO4/c1-4-9-20-12-8-6-5-7-11(12)14(17)16-13(10(2)3)15(18)19/h4-8,10,13H,1,9H2,2-3H3,(H,16,17)(H,18,19)/t13-/m1/s1. The minimum atomic E-state index is -1.06. The van der Waals surface area contributed by atoms with E-state index in [9.17, 15) is 9.59 Å². The van der Waals surface area contributed by atoms with E-state index >= 15 is 0 Å². The normalized spacial score (nSPS) is 11.8. The van der Waals surface area contributed by atoms with Crippen LogP contribution in [0, 0.1) is 5.92 Å². The van der Waals surface area contributed by atoms with E-state index in [1.165, 1.54) is 0 Å². The maximum absolute atomic E-state index is 12.2. The lowest BCUT2D eigenvalue weighted by atomic mass is 10.0. The van der Waals surface area contributed by atoms with Gasteiger partial charge in [-0.2, -0.15) is 0 Å². The molecule has 0 aliphatic rings. The molecule has 0 aliphatic carbocycles. The summed E-state index contributed by atoms with van der Waals surface area (Å²) in [6, 6.07) is 5.75. The first-order valence-electron chi connectivity index (χ1n) is 6.33. The third-order valence-corrected chi connectivity index (χ3v) is 2.71. The van der Waals surface area contributed by atoms with E-state index in [-0.39, 0.29) is 12.5 Å². The van der Waals surface area contributed by atoms with Crippen molar-refractivity contribution in [3.05, 3.63) is 42.5 Å². The van der Waals surface area contributed by atoms with E-state index < -0.39 is 17.9 Å². The van der Waals surface area contributed by atoms with Crippen molar-refractivity contribution in [3.63, 3.8) is 0 Å². The molecule has 5 heteroatoms. The molecule has 2 N–H and O–H groups in total. The summed E-state index contributed by atoms with van der Waals surface area (Å²) in [6.45, 7) is 7.29. The van der Waals surface area contributed by atoms with Crippen LogP contribution in [0.4, 0.5) is 0 Å². The van der Waals surface area contributed by atoms with Crippen LogP contribution in [0.15, 0.2) is 36.9 Å². The Balaban J connectivity index is 2.91. The molecule has 0 saturated heterocycles. The lowest BCUT2D eigenvalue weighted by Crippen LogP contribution is -2.44. The molecule has 0 saturated carbocycles. The van der Waals surface area contributed by atoms with Gasteiger partial charge < -0.3 is 15.2 Å². The fraction of sp³-hybridized carbons (Fsp3) is 0.333. The largest absolute Gasteiger partial charge is 0.489 e. The summed E-state index contributed by atoms with van der Waals surface area (Å²) in [4.78, 5) is 23.3. The zero-order chi connectivity index (χ0) is 15.1. The van der Waals surface area contributed by atoms with Crippen molar-refractivity contribution >= 4 is 11.9 Å². The highest BCUT2D eigenvalue weighted by molar-refractivity contribution is 5.98. The molecule has 0 aliphatic heterocycles. The maximum Gasteiger partial charge on any atom is 0.326 e. The summed E-state index contributed by atoms with van der Waals surface area (Å²) in [5.41, 5.74) is 0.307. The van der Waals surface area contributed by atoms with Gasteiger partial charge in [0, 0.05) is 0 Å². The molecule has 0 heterocycles. The van der Waals surface area contributed by atoms with Gasteiger partial charge in [-0.3, -0.25) is 4.79 Å². The average molecular weight is 277 g/mol. The Morgan fingerprint density at radius 2 is 2.05 bits per heavy atom. The number of hydrogen-bond acceptors (Lipinski definition) is 3. The molecule has 1 aromatic rings. The van der Waals surface area contributed by atoms with Gasteiger partial charge in [0.15, 0.2) is 0 Å². The zero-order valence-corrected chi connectivity index (χ0v) is 11.6. The highest BCUT2D eigenvalue weighted by Crippen LogP contribution is 2.18. The van der Waals surface area contributed by atoms with E-state index in [2.05, 4.69) is 11.9 Å². The fourth-order valence-electron chi connectivity index (χ4n) is 1.66. The van der Waals surface area contributed by atoms with Crippen LogP contribution in [0.5, 0.6) is 5.75 Å². The predicted molar refractivity (Wildman–Crippen MR) is 75.9 cm³/mol. The van der Waals surface area contributed by atoms with Crippen molar-refractivity contribution in [2.75, 3.05) is 6.61 Å². The van der Waals surface area contributed by atoms with Crippen molar-refractivity contribution in [2.45, 2.75) is 19.9 Å². The summed E-state index contributed by atoms with van der Waals surface area (Å²) in [6.07, 6.45) is 1.57. The Labute approximate surface area is 118 Å². The van der Waals surface area contributed by atoms with Gasteiger partial charge in [0.2, 0.25) is 0 Å². The number of ether oxygens (including phenoxy) is 1. The van der Waals surface area contributed by atoms with Gasteiger partial charge in [-0.05, 0) is 18.1 Å². The van der Waals surface area contributed by atoms with E-state index in [0.29, 0.717) is 11.3 Å². The molecule has 0 spiro atoms. The number of hydrogen-bond donors (Lipinski definition) is 2. The second-order valence-corrected chi connectivity index (χ2v) is 4.63. The first-order valence-corrected chi connectivity index (χ1v) is 6.33. The number of carboxylic acids is 1. The van der Waals surface area contributed by atoms with Crippen molar-refractivity contribution < 1.29 is 19.4 Å². The van der Waals surface area contributed by atoms with Gasteiger partial charge in [-0.1, -0.05) is 38.6 Å². The Kier molecular flexibility index (Phi) is 5.77. The number of para-hydroxylation sites is 1. The highest BCUT2D eigenvalue weighted by atomic mass is 16.5. The Hall–Kier alpha value is -2.30. The second-order valence-electron chi connectivity index (χ2n) is 4.63. The van der Waals surface area contributed by atoms with Gasteiger partial charge in [0.1, 0.15) is 18.4 Å². The molecule has 20 heavy (non-hydrogen) atoms. The van der Waals surface area contributed by atoms with Crippen LogP contribution in [-0.4, -0.2) is 29.6 Å². The van der Waals surface area contributed by atoms with Crippen LogP contribution in [0.3, 0.4) is 0 Å². The second kappa shape index (κ2) is 7.33. The van der Waals surface area contributed by atoms with Crippen LogP contribution >= 0.6 is 0 Å². The molecule has 0 aromatic heterocycles. The summed E-state index contributed by atoms with van der Waals surface area (Å²) >= 11 is 0. The van der Waals surface area contributed by atoms with Crippen LogP contribution in [0.1, 0.15) is 24.2 Å². The Morgan fingerprint density at radius 1 is 1.40 bits per heavy atom. The maximum atomic E-state index is 12.2. The zero-order valence-electron chi connectivity index (χ0n) is 11.6. The minimum absolute atomic E-state index is 0.210. The summed E-state index contributed by atoms with van der Waals surface area (Å²) < 4.78 is 5.38. The molecule has 0 bridgehead atoms. The third kappa shape index (κ3) is 4.12. The van der Waals surface area contributed by atoms with Crippen LogP contribution < -0.4 is 10.1 Å². The van der Waals surface area contributed by atoms with Crippen molar-refractivity contribution in [2.24, 2.45) is 5.92 Å². The van der Waals surface area contributed by atoms with Crippen LogP contribution in [-0.2, 0) is 4.79 Å². The minimum Gasteiger partial charge on any atom is -0.489 e. The van der Waals surface area contributed by atoms with E-state index in [0.717, 1.165) is 0 Å². The molecular formula is C15H19NO4. The number of amides is 1. The number of aliphatic carboxylic acids is 1. The molecule has 0 radical (unpaired) electrons. The molecule has 5 nitrogen and oxygen atoms in total. The Morgan fingerprint density at radius 3 is 2.60 bits per heavy atom. The van der Waals surface area contributed by atoms with Gasteiger partial charge >= 0.3 is 5.97 Å². The molecule has 1 amide bonds. The monoisotopic (exact) mass is 277 g/mol. The smallest absolute Gasteiger partial charge is 0.326 e. The van der Waals surface area contributed by atoms with Crippen molar-refractivity contribution in [3.8, 4) is 5.75 Å². The van der Waals surface area contributed by atoms with Crippen molar-refractivity contribution in [1.29, 1.82) is 0 Å². The van der Waals surface area contributed by atoms with Crippen LogP contribution in [0.2, 0.25) is 0 Å². The van der Waals surface area contributed by atoms with E-state index in [4.69, 9.17) is 9.84 Å². The summed E-state index contributed by atoms with van der Waals surface area (Å²) in [5.74, 6) is -1.33.